The number of nitrogens with two attached hydrogens (primary N) is 1. The highest BCUT2D eigenvalue weighted by atomic mass is 35.5. The smallest absolute Gasteiger partial charge is 0.264 e. The van der Waals surface area contributed by atoms with Crippen LogP contribution in [-0.2, 0) is 11.2 Å². The van der Waals surface area contributed by atoms with E-state index in [2.05, 4.69) is 0 Å². The Kier molecular flexibility index (Phi) is 3.71. The van der Waals surface area contributed by atoms with Crippen LogP contribution < -0.4 is 15.4 Å². The van der Waals surface area contributed by atoms with Gasteiger partial charge >= 0.3 is 0 Å². The Morgan fingerprint density at radius 1 is 1.29 bits per heavy atom. The number of carbonyl (C=O) groups is 1. The molecule has 1 heterocycles. The molecular formula is C16H15ClN2O2. The van der Waals surface area contributed by atoms with Crippen LogP contribution >= 0.6 is 11.6 Å². The van der Waals surface area contributed by atoms with Crippen LogP contribution in [0.5, 0.6) is 5.75 Å². The molecule has 2 aromatic rings. The summed E-state index contributed by atoms with van der Waals surface area (Å²) >= 11 is 5.88. The van der Waals surface area contributed by atoms with Gasteiger partial charge in [0.05, 0.1) is 0 Å². The summed E-state index contributed by atoms with van der Waals surface area (Å²) in [5.41, 5.74) is 8.47. The Labute approximate surface area is 128 Å². The number of benzene rings is 2. The first-order valence-electron chi connectivity index (χ1n) is 6.70. The molecule has 0 radical (unpaired) electrons. The average Bonchev–Trinajstić information content (AvgIpc) is 2.88. The number of halogens is 1. The molecule has 0 unspecified atom stereocenters. The second-order valence-electron chi connectivity index (χ2n) is 4.93. The number of ether oxygens (including phenoxy) is 1. The summed E-state index contributed by atoms with van der Waals surface area (Å²) in [7, 11) is 0. The van der Waals surface area contributed by atoms with E-state index in [-0.39, 0.29) is 12.5 Å². The number of carbonyl (C=O) groups excluding carboxylic acids is 1. The molecule has 4 nitrogen and oxygen atoms in total. The first kappa shape index (κ1) is 13.8. The molecular weight excluding hydrogens is 288 g/mol. The van der Waals surface area contributed by atoms with Crippen molar-refractivity contribution in [2.24, 2.45) is 0 Å². The number of hydrogen-bond acceptors (Lipinski definition) is 3. The highest BCUT2D eigenvalue weighted by Crippen LogP contribution is 2.30. The minimum Gasteiger partial charge on any atom is -0.484 e. The minimum absolute atomic E-state index is 0.0193. The van der Waals surface area contributed by atoms with E-state index in [1.807, 2.05) is 18.2 Å². The lowest BCUT2D eigenvalue weighted by molar-refractivity contribution is -0.120. The largest absolute Gasteiger partial charge is 0.484 e. The van der Waals surface area contributed by atoms with Crippen LogP contribution in [-0.4, -0.2) is 19.1 Å². The van der Waals surface area contributed by atoms with E-state index in [9.17, 15) is 4.79 Å². The highest BCUT2D eigenvalue weighted by Gasteiger charge is 2.24. The molecule has 0 aliphatic carbocycles. The number of nitrogen functional groups attached to an aromatic ring is 1. The fraction of sp³-hybridized carbons (Fsp3) is 0.188. The summed E-state index contributed by atoms with van der Waals surface area (Å²) in [6, 6.07) is 12.7. The second-order valence-corrected chi connectivity index (χ2v) is 5.37. The van der Waals surface area contributed by atoms with Crippen LogP contribution in [0.2, 0.25) is 5.02 Å². The Morgan fingerprint density at radius 2 is 2.14 bits per heavy atom. The number of nitrogens with zero attached hydrogens (tertiary/aromatic N) is 1. The van der Waals surface area contributed by atoms with Gasteiger partial charge in [-0.1, -0.05) is 23.7 Å². The highest BCUT2D eigenvalue weighted by molar-refractivity contribution is 6.30. The Hall–Kier alpha value is -2.20. The fourth-order valence-electron chi connectivity index (χ4n) is 2.44. The van der Waals surface area contributed by atoms with Gasteiger partial charge in [-0.05, 0) is 42.3 Å². The first-order chi connectivity index (χ1) is 10.1. The second kappa shape index (κ2) is 5.66. The maximum atomic E-state index is 12.3. The minimum atomic E-state index is -0.0840. The lowest BCUT2D eigenvalue weighted by atomic mass is 10.1. The third-order valence-electron chi connectivity index (χ3n) is 3.46. The summed E-state index contributed by atoms with van der Waals surface area (Å²) in [6.45, 7) is 0.644. The predicted octanol–water partition coefficient (Wildman–Crippen LogP) is 2.89. The summed E-state index contributed by atoms with van der Waals surface area (Å²) in [5.74, 6) is 0.502. The Bertz CT molecular complexity index is 688. The van der Waals surface area contributed by atoms with Gasteiger partial charge in [0.2, 0.25) is 0 Å². The molecule has 0 saturated carbocycles. The van der Waals surface area contributed by atoms with Crippen molar-refractivity contribution in [3.05, 3.63) is 53.1 Å². The number of amides is 1. The predicted molar refractivity (Wildman–Crippen MR) is 83.9 cm³/mol. The molecule has 5 heteroatoms. The van der Waals surface area contributed by atoms with Crippen molar-refractivity contribution < 1.29 is 9.53 Å². The standard InChI is InChI=1S/C16H15ClN2O2/c17-12-2-1-3-14(8-12)21-10-16(20)19-7-6-11-4-5-13(18)9-15(11)19/h1-5,8-9H,6-7,10,18H2. The van der Waals surface area contributed by atoms with E-state index in [1.54, 1.807) is 29.2 Å². The molecule has 0 saturated heterocycles. The van der Waals surface area contributed by atoms with E-state index in [4.69, 9.17) is 22.1 Å². The van der Waals surface area contributed by atoms with Crippen LogP contribution in [0.15, 0.2) is 42.5 Å². The van der Waals surface area contributed by atoms with Crippen molar-refractivity contribution in [2.45, 2.75) is 6.42 Å². The van der Waals surface area contributed by atoms with E-state index < -0.39 is 0 Å². The molecule has 108 valence electrons. The molecule has 0 spiro atoms. The third kappa shape index (κ3) is 2.95. The molecule has 3 rings (SSSR count). The molecule has 2 aromatic carbocycles. The number of hydrogen-bond donors (Lipinski definition) is 1. The fourth-order valence-corrected chi connectivity index (χ4v) is 2.62. The van der Waals surface area contributed by atoms with E-state index in [0.29, 0.717) is 23.0 Å². The quantitative estimate of drug-likeness (QED) is 0.887. The SMILES string of the molecule is Nc1ccc2c(c1)N(C(=O)COc1cccc(Cl)c1)CC2. The van der Waals surface area contributed by atoms with Gasteiger partial charge in [0.25, 0.3) is 5.91 Å². The maximum Gasteiger partial charge on any atom is 0.264 e. The Morgan fingerprint density at radius 3 is 2.95 bits per heavy atom. The van der Waals surface area contributed by atoms with Gasteiger partial charge in [-0.15, -0.1) is 0 Å². The van der Waals surface area contributed by atoms with E-state index >= 15 is 0 Å². The molecule has 1 amide bonds. The van der Waals surface area contributed by atoms with Gasteiger partial charge < -0.3 is 15.4 Å². The van der Waals surface area contributed by atoms with Gasteiger partial charge in [-0.25, -0.2) is 0 Å². The molecule has 21 heavy (non-hydrogen) atoms. The van der Waals surface area contributed by atoms with Gasteiger partial charge in [-0.3, -0.25) is 4.79 Å². The summed E-state index contributed by atoms with van der Waals surface area (Å²) < 4.78 is 5.50. The number of anilines is 2. The van der Waals surface area contributed by atoms with Gasteiger partial charge in [0.15, 0.2) is 6.61 Å². The summed E-state index contributed by atoms with van der Waals surface area (Å²) in [6.07, 6.45) is 0.846. The zero-order valence-corrected chi connectivity index (χ0v) is 12.1. The first-order valence-corrected chi connectivity index (χ1v) is 7.08. The van der Waals surface area contributed by atoms with Crippen LogP contribution in [0.25, 0.3) is 0 Å². The third-order valence-corrected chi connectivity index (χ3v) is 3.70. The van der Waals surface area contributed by atoms with Crippen molar-refractivity contribution in [3.8, 4) is 5.75 Å². The van der Waals surface area contributed by atoms with E-state index in [1.165, 1.54) is 0 Å². The lowest BCUT2D eigenvalue weighted by Crippen LogP contribution is -2.33. The molecule has 1 aliphatic rings. The average molecular weight is 303 g/mol. The zero-order chi connectivity index (χ0) is 14.8. The zero-order valence-electron chi connectivity index (χ0n) is 11.4. The molecule has 1 aliphatic heterocycles. The molecule has 0 fully saturated rings. The topological polar surface area (TPSA) is 55.6 Å². The van der Waals surface area contributed by atoms with Crippen molar-refractivity contribution in [1.82, 2.24) is 0 Å². The lowest BCUT2D eigenvalue weighted by Gasteiger charge is -2.18. The van der Waals surface area contributed by atoms with Gasteiger partial charge in [0, 0.05) is 22.9 Å². The van der Waals surface area contributed by atoms with Gasteiger partial charge in [0.1, 0.15) is 5.75 Å². The van der Waals surface area contributed by atoms with Crippen LogP contribution in [0.3, 0.4) is 0 Å². The molecule has 0 aromatic heterocycles. The Balaban J connectivity index is 1.69. The van der Waals surface area contributed by atoms with Crippen molar-refractivity contribution >= 4 is 28.9 Å². The molecule has 2 N–H and O–H groups in total. The number of rotatable bonds is 3. The monoisotopic (exact) mass is 302 g/mol. The summed E-state index contributed by atoms with van der Waals surface area (Å²) in [5, 5.41) is 0.583. The van der Waals surface area contributed by atoms with Crippen molar-refractivity contribution in [3.63, 3.8) is 0 Å². The van der Waals surface area contributed by atoms with Crippen molar-refractivity contribution in [1.29, 1.82) is 0 Å². The van der Waals surface area contributed by atoms with Gasteiger partial charge in [-0.2, -0.15) is 0 Å². The number of fused-ring (bicyclic) bond motifs is 1. The van der Waals surface area contributed by atoms with E-state index in [0.717, 1.165) is 17.7 Å². The van der Waals surface area contributed by atoms with Crippen LogP contribution in [0.1, 0.15) is 5.56 Å². The molecule has 0 atom stereocenters. The maximum absolute atomic E-state index is 12.3. The molecule has 0 bridgehead atoms. The summed E-state index contributed by atoms with van der Waals surface area (Å²) in [4.78, 5) is 14.0. The van der Waals surface area contributed by atoms with Crippen molar-refractivity contribution in [2.75, 3.05) is 23.8 Å². The van der Waals surface area contributed by atoms with Crippen LogP contribution in [0, 0.1) is 0 Å². The van der Waals surface area contributed by atoms with Crippen LogP contribution in [0.4, 0.5) is 11.4 Å². The normalized spacial score (nSPS) is 13.1.